The first-order chi connectivity index (χ1) is 9.19. The number of amides is 1. The maximum atomic E-state index is 11.8. The molecule has 19 heavy (non-hydrogen) atoms. The molecule has 0 fully saturated rings. The van der Waals surface area contributed by atoms with Crippen LogP contribution in [-0.2, 0) is 6.54 Å². The van der Waals surface area contributed by atoms with Gasteiger partial charge in [0, 0.05) is 6.54 Å². The Morgan fingerprint density at radius 1 is 1.37 bits per heavy atom. The summed E-state index contributed by atoms with van der Waals surface area (Å²) in [6, 6.07) is 9.06. The zero-order valence-electron chi connectivity index (χ0n) is 9.80. The lowest BCUT2D eigenvalue weighted by atomic mass is 10.1. The maximum Gasteiger partial charge on any atom is 0.271 e. The van der Waals surface area contributed by atoms with Crippen molar-refractivity contribution in [1.29, 1.82) is 5.26 Å². The summed E-state index contributed by atoms with van der Waals surface area (Å²) < 4.78 is 0. The summed E-state index contributed by atoms with van der Waals surface area (Å²) in [5.74, 6) is -0.341. The molecule has 0 aliphatic heterocycles. The Kier molecular flexibility index (Phi) is 4.06. The number of rotatable bonds is 3. The molecule has 0 aliphatic rings. The molecule has 1 aromatic heterocycles. The predicted molar refractivity (Wildman–Crippen MR) is 69.4 cm³/mol. The number of nitrogens with zero attached hydrogens (tertiary/aromatic N) is 3. The third kappa shape index (κ3) is 3.50. The van der Waals surface area contributed by atoms with E-state index in [1.807, 2.05) is 12.1 Å². The summed E-state index contributed by atoms with van der Waals surface area (Å²) in [6.45, 7) is 0.318. The van der Waals surface area contributed by atoms with Gasteiger partial charge >= 0.3 is 0 Å². The van der Waals surface area contributed by atoms with E-state index in [0.717, 1.165) is 5.56 Å². The Bertz CT molecular complexity index is 634. The molecule has 1 N–H and O–H groups in total. The molecule has 0 saturated heterocycles. The molecule has 5 nitrogen and oxygen atoms in total. The highest BCUT2D eigenvalue weighted by atomic mass is 35.5. The van der Waals surface area contributed by atoms with Gasteiger partial charge in [-0.3, -0.25) is 4.79 Å². The minimum Gasteiger partial charge on any atom is -0.347 e. The molecule has 6 heteroatoms. The normalized spacial score (nSPS) is 9.68. The third-order valence-corrected chi connectivity index (χ3v) is 2.56. The van der Waals surface area contributed by atoms with Crippen LogP contribution in [0.1, 0.15) is 21.6 Å². The van der Waals surface area contributed by atoms with E-state index in [2.05, 4.69) is 15.3 Å². The first-order valence-corrected chi connectivity index (χ1v) is 5.81. The lowest BCUT2D eigenvalue weighted by molar-refractivity contribution is 0.0945. The summed E-state index contributed by atoms with van der Waals surface area (Å²) in [5.41, 5.74) is 1.59. The molecule has 1 amide bonds. The van der Waals surface area contributed by atoms with E-state index in [1.165, 1.54) is 12.4 Å². The van der Waals surface area contributed by atoms with Gasteiger partial charge in [-0.25, -0.2) is 9.97 Å². The number of carbonyl (C=O) groups is 1. The quantitative estimate of drug-likeness (QED) is 0.926. The zero-order valence-corrected chi connectivity index (χ0v) is 10.6. The Hall–Kier alpha value is -2.45. The average Bonchev–Trinajstić information content (AvgIpc) is 2.46. The van der Waals surface area contributed by atoms with Gasteiger partial charge in [0.1, 0.15) is 10.8 Å². The van der Waals surface area contributed by atoms with Crippen LogP contribution in [0.3, 0.4) is 0 Å². The van der Waals surface area contributed by atoms with Crippen molar-refractivity contribution in [2.45, 2.75) is 6.54 Å². The summed E-state index contributed by atoms with van der Waals surface area (Å²) in [4.78, 5) is 19.4. The highest BCUT2D eigenvalue weighted by molar-refractivity contribution is 6.29. The zero-order chi connectivity index (χ0) is 13.7. The van der Waals surface area contributed by atoms with Gasteiger partial charge in [0.05, 0.1) is 24.0 Å². The van der Waals surface area contributed by atoms with Gasteiger partial charge < -0.3 is 5.32 Å². The number of halogens is 1. The molecule has 1 heterocycles. The van der Waals surface area contributed by atoms with Crippen LogP contribution in [0.15, 0.2) is 36.7 Å². The lowest BCUT2D eigenvalue weighted by Gasteiger charge is -2.04. The van der Waals surface area contributed by atoms with Crippen LogP contribution < -0.4 is 5.32 Å². The second-order valence-electron chi connectivity index (χ2n) is 3.72. The number of hydrogen-bond donors (Lipinski definition) is 1. The molecule has 0 unspecified atom stereocenters. The molecule has 0 bridgehead atoms. The van der Waals surface area contributed by atoms with Crippen molar-refractivity contribution >= 4 is 17.5 Å². The smallest absolute Gasteiger partial charge is 0.271 e. The Labute approximate surface area is 114 Å². The standard InChI is InChI=1S/C13H9ClN4O/c14-12-8-16-11(7-17-12)13(19)18-6-10-3-1-2-9(4-10)5-15/h1-4,7-8H,6H2,(H,18,19). The van der Waals surface area contributed by atoms with Crippen LogP contribution in [0.25, 0.3) is 0 Å². The monoisotopic (exact) mass is 272 g/mol. The van der Waals surface area contributed by atoms with E-state index >= 15 is 0 Å². The van der Waals surface area contributed by atoms with E-state index in [1.54, 1.807) is 18.2 Å². The van der Waals surface area contributed by atoms with Crippen LogP contribution in [0.4, 0.5) is 0 Å². The summed E-state index contributed by atoms with van der Waals surface area (Å²) in [5, 5.41) is 11.7. The van der Waals surface area contributed by atoms with Crippen LogP contribution >= 0.6 is 11.6 Å². The van der Waals surface area contributed by atoms with E-state index in [4.69, 9.17) is 16.9 Å². The molecule has 0 saturated carbocycles. The van der Waals surface area contributed by atoms with E-state index in [-0.39, 0.29) is 16.8 Å². The van der Waals surface area contributed by atoms with Crippen LogP contribution in [0.5, 0.6) is 0 Å². The molecule has 2 rings (SSSR count). The number of aromatic nitrogens is 2. The van der Waals surface area contributed by atoms with E-state index in [0.29, 0.717) is 12.1 Å². The fourth-order valence-corrected chi connectivity index (χ4v) is 1.55. The van der Waals surface area contributed by atoms with E-state index in [9.17, 15) is 4.79 Å². The minimum absolute atomic E-state index is 0.195. The van der Waals surface area contributed by atoms with Crippen molar-refractivity contribution in [3.05, 3.63) is 58.6 Å². The fraction of sp³-hybridized carbons (Fsp3) is 0.0769. The summed E-state index contributed by atoms with van der Waals surface area (Å²) in [7, 11) is 0. The SMILES string of the molecule is N#Cc1cccc(CNC(=O)c2cnc(Cl)cn2)c1. The molecule has 0 aliphatic carbocycles. The van der Waals surface area contributed by atoms with Crippen molar-refractivity contribution < 1.29 is 4.79 Å². The van der Waals surface area contributed by atoms with Gasteiger partial charge in [0.25, 0.3) is 5.91 Å². The van der Waals surface area contributed by atoms with Crippen molar-refractivity contribution in [2.75, 3.05) is 0 Å². The topological polar surface area (TPSA) is 78.7 Å². The summed E-state index contributed by atoms with van der Waals surface area (Å²) in [6.07, 6.45) is 2.62. The van der Waals surface area contributed by atoms with Crippen molar-refractivity contribution in [1.82, 2.24) is 15.3 Å². The Balaban J connectivity index is 2.00. The Morgan fingerprint density at radius 2 is 2.21 bits per heavy atom. The number of nitriles is 1. The summed E-state index contributed by atoms with van der Waals surface area (Å²) >= 11 is 5.59. The lowest BCUT2D eigenvalue weighted by Crippen LogP contribution is -2.23. The van der Waals surface area contributed by atoms with Gasteiger partial charge in [-0.1, -0.05) is 23.7 Å². The van der Waals surface area contributed by atoms with Crippen LogP contribution in [0.2, 0.25) is 5.15 Å². The maximum absolute atomic E-state index is 11.8. The van der Waals surface area contributed by atoms with Crippen molar-refractivity contribution in [3.8, 4) is 6.07 Å². The van der Waals surface area contributed by atoms with E-state index < -0.39 is 0 Å². The molecule has 94 valence electrons. The molecular formula is C13H9ClN4O. The van der Waals surface area contributed by atoms with Crippen molar-refractivity contribution in [3.63, 3.8) is 0 Å². The number of benzene rings is 1. The highest BCUT2D eigenvalue weighted by Crippen LogP contribution is 2.05. The van der Waals surface area contributed by atoms with Crippen molar-refractivity contribution in [2.24, 2.45) is 0 Å². The van der Waals surface area contributed by atoms with Gasteiger partial charge in [-0.05, 0) is 17.7 Å². The first-order valence-electron chi connectivity index (χ1n) is 5.44. The molecule has 0 atom stereocenters. The third-order valence-electron chi connectivity index (χ3n) is 2.36. The van der Waals surface area contributed by atoms with Gasteiger partial charge in [0.15, 0.2) is 0 Å². The molecule has 0 radical (unpaired) electrons. The van der Waals surface area contributed by atoms with Gasteiger partial charge in [-0.15, -0.1) is 0 Å². The van der Waals surface area contributed by atoms with Gasteiger partial charge in [0.2, 0.25) is 0 Å². The fourth-order valence-electron chi connectivity index (χ4n) is 1.45. The number of nitrogens with one attached hydrogen (secondary N) is 1. The second kappa shape index (κ2) is 5.94. The molecular weight excluding hydrogens is 264 g/mol. The predicted octanol–water partition coefficient (Wildman–Crippen LogP) is 1.93. The first kappa shape index (κ1) is 13.0. The number of hydrogen-bond acceptors (Lipinski definition) is 4. The Morgan fingerprint density at radius 3 is 2.89 bits per heavy atom. The average molecular weight is 273 g/mol. The van der Waals surface area contributed by atoms with Crippen LogP contribution in [0, 0.1) is 11.3 Å². The minimum atomic E-state index is -0.341. The van der Waals surface area contributed by atoms with Crippen LogP contribution in [-0.4, -0.2) is 15.9 Å². The largest absolute Gasteiger partial charge is 0.347 e. The molecule has 0 spiro atoms. The molecule has 2 aromatic rings. The number of carbonyl (C=O) groups excluding carboxylic acids is 1. The second-order valence-corrected chi connectivity index (χ2v) is 4.11. The molecule has 1 aromatic carbocycles. The highest BCUT2D eigenvalue weighted by Gasteiger charge is 2.07. The van der Waals surface area contributed by atoms with Gasteiger partial charge in [-0.2, -0.15) is 5.26 Å².